The van der Waals surface area contributed by atoms with Crippen molar-refractivity contribution in [1.82, 2.24) is 14.9 Å². The molecule has 22 heavy (non-hydrogen) atoms. The van der Waals surface area contributed by atoms with Crippen LogP contribution in [0.4, 0.5) is 0 Å². The number of hydrogen-bond donors (Lipinski definition) is 0. The molecule has 3 rings (SSSR count). The van der Waals surface area contributed by atoms with Gasteiger partial charge in [-0.05, 0) is 12.1 Å². The number of rotatable bonds is 4. The molecule has 1 aliphatic heterocycles. The summed E-state index contributed by atoms with van der Waals surface area (Å²) < 4.78 is 5.33. The predicted octanol–water partition coefficient (Wildman–Crippen LogP) is 2.15. The Bertz CT molecular complexity index is 671. The quantitative estimate of drug-likeness (QED) is 0.865. The molecule has 0 unspecified atom stereocenters. The molecule has 6 heteroatoms. The van der Waals surface area contributed by atoms with Gasteiger partial charge in [0, 0.05) is 37.4 Å². The maximum Gasteiger partial charge on any atom is 0.235 e. The summed E-state index contributed by atoms with van der Waals surface area (Å²) >= 11 is 1.90. The van der Waals surface area contributed by atoms with Gasteiger partial charge >= 0.3 is 0 Å². The van der Waals surface area contributed by atoms with Crippen molar-refractivity contribution in [3.63, 3.8) is 0 Å². The van der Waals surface area contributed by atoms with Crippen LogP contribution in [0.2, 0.25) is 0 Å². The van der Waals surface area contributed by atoms with Crippen LogP contribution in [0.5, 0.6) is 5.88 Å². The summed E-state index contributed by atoms with van der Waals surface area (Å²) in [5.74, 6) is 2.77. The number of fused-ring (bicyclic) bond motifs is 1. The number of nitrogens with zero attached hydrogens (tertiary/aromatic N) is 3. The third-order valence-corrected chi connectivity index (χ3v) is 4.68. The number of aromatic nitrogens is 2. The number of benzene rings is 1. The van der Waals surface area contributed by atoms with Gasteiger partial charge < -0.3 is 9.64 Å². The lowest BCUT2D eigenvalue weighted by atomic mass is 10.2. The van der Waals surface area contributed by atoms with Gasteiger partial charge in [-0.1, -0.05) is 12.1 Å². The lowest BCUT2D eigenvalue weighted by molar-refractivity contribution is -0.130. The van der Waals surface area contributed by atoms with E-state index in [2.05, 4.69) is 9.97 Å². The number of hydrogen-bond acceptors (Lipinski definition) is 5. The van der Waals surface area contributed by atoms with Crippen LogP contribution in [-0.2, 0) is 11.2 Å². The Labute approximate surface area is 134 Å². The van der Waals surface area contributed by atoms with Gasteiger partial charge in [0.1, 0.15) is 5.69 Å². The predicted molar refractivity (Wildman–Crippen MR) is 88.3 cm³/mol. The average molecular weight is 317 g/mol. The van der Waals surface area contributed by atoms with Crippen LogP contribution in [0.25, 0.3) is 11.0 Å². The van der Waals surface area contributed by atoms with E-state index in [1.165, 1.54) is 0 Å². The fourth-order valence-corrected chi connectivity index (χ4v) is 3.45. The normalized spacial score (nSPS) is 15.0. The molecule has 1 aromatic carbocycles. The minimum absolute atomic E-state index is 0.192. The zero-order valence-electron chi connectivity index (χ0n) is 12.6. The highest BCUT2D eigenvalue weighted by atomic mass is 32.2. The van der Waals surface area contributed by atoms with Crippen molar-refractivity contribution < 1.29 is 9.53 Å². The molecule has 1 aromatic heterocycles. The molecule has 116 valence electrons. The molecule has 5 nitrogen and oxygen atoms in total. The number of ether oxygens (including phenoxy) is 1. The lowest BCUT2D eigenvalue weighted by Gasteiger charge is -2.26. The van der Waals surface area contributed by atoms with E-state index in [1.807, 2.05) is 40.9 Å². The van der Waals surface area contributed by atoms with Crippen LogP contribution in [0.15, 0.2) is 24.3 Å². The van der Waals surface area contributed by atoms with E-state index in [0.717, 1.165) is 41.3 Å². The summed E-state index contributed by atoms with van der Waals surface area (Å²) in [5.41, 5.74) is 2.39. The van der Waals surface area contributed by atoms with Crippen LogP contribution in [0, 0.1) is 0 Å². The van der Waals surface area contributed by atoms with E-state index >= 15 is 0 Å². The number of methoxy groups -OCH3 is 1. The van der Waals surface area contributed by atoms with Crippen molar-refractivity contribution >= 4 is 28.7 Å². The molecule has 0 saturated carbocycles. The second-order valence-corrected chi connectivity index (χ2v) is 6.39. The zero-order valence-corrected chi connectivity index (χ0v) is 13.4. The first-order valence-corrected chi connectivity index (χ1v) is 8.58. The highest BCUT2D eigenvalue weighted by Gasteiger charge is 2.18. The molecule has 2 heterocycles. The summed E-state index contributed by atoms with van der Waals surface area (Å²) in [7, 11) is 1.59. The van der Waals surface area contributed by atoms with E-state index in [0.29, 0.717) is 18.7 Å². The molecule has 0 spiro atoms. The zero-order chi connectivity index (χ0) is 15.4. The summed E-state index contributed by atoms with van der Waals surface area (Å²) in [6.07, 6.45) is 1.01. The van der Waals surface area contributed by atoms with Gasteiger partial charge in [0.05, 0.1) is 18.1 Å². The van der Waals surface area contributed by atoms with Crippen LogP contribution < -0.4 is 4.74 Å². The van der Waals surface area contributed by atoms with Gasteiger partial charge in [-0.3, -0.25) is 4.79 Å². The van der Waals surface area contributed by atoms with E-state index in [9.17, 15) is 4.79 Å². The maximum absolute atomic E-state index is 12.3. The summed E-state index contributed by atoms with van der Waals surface area (Å²) in [4.78, 5) is 23.3. The Morgan fingerprint density at radius 2 is 1.91 bits per heavy atom. The van der Waals surface area contributed by atoms with E-state index in [1.54, 1.807) is 7.11 Å². The van der Waals surface area contributed by atoms with Crippen molar-refractivity contribution in [2.24, 2.45) is 0 Å². The van der Waals surface area contributed by atoms with Crippen molar-refractivity contribution in [2.75, 3.05) is 31.7 Å². The molecule has 1 fully saturated rings. The fourth-order valence-electron chi connectivity index (χ4n) is 2.54. The van der Waals surface area contributed by atoms with Crippen molar-refractivity contribution in [3.05, 3.63) is 30.0 Å². The number of thioether (sulfide) groups is 1. The fraction of sp³-hybridized carbons (Fsp3) is 0.438. The topological polar surface area (TPSA) is 55.3 Å². The minimum atomic E-state index is 0.192. The number of para-hydroxylation sites is 2. The summed E-state index contributed by atoms with van der Waals surface area (Å²) in [6.45, 7) is 1.70. The Balaban J connectivity index is 1.73. The highest BCUT2D eigenvalue weighted by molar-refractivity contribution is 7.99. The molecular formula is C16H19N3O2S. The van der Waals surface area contributed by atoms with E-state index in [-0.39, 0.29) is 5.91 Å². The van der Waals surface area contributed by atoms with Crippen molar-refractivity contribution in [1.29, 1.82) is 0 Å². The summed E-state index contributed by atoms with van der Waals surface area (Å²) in [6, 6.07) is 7.69. The molecular weight excluding hydrogens is 298 g/mol. The molecule has 1 saturated heterocycles. The molecule has 0 N–H and O–H groups in total. The largest absolute Gasteiger partial charge is 0.480 e. The SMILES string of the molecule is COc1nc2ccccc2nc1CCC(=O)N1CCSCC1. The Morgan fingerprint density at radius 1 is 1.23 bits per heavy atom. The van der Waals surface area contributed by atoms with Gasteiger partial charge in [-0.2, -0.15) is 11.8 Å². The lowest BCUT2D eigenvalue weighted by Crippen LogP contribution is -2.38. The smallest absolute Gasteiger partial charge is 0.235 e. The van der Waals surface area contributed by atoms with E-state index in [4.69, 9.17) is 4.74 Å². The highest BCUT2D eigenvalue weighted by Crippen LogP contribution is 2.20. The molecule has 1 aliphatic rings. The van der Waals surface area contributed by atoms with Crippen LogP contribution in [0.3, 0.4) is 0 Å². The van der Waals surface area contributed by atoms with Crippen molar-refractivity contribution in [3.8, 4) is 5.88 Å². The molecule has 0 radical (unpaired) electrons. The molecule has 0 aliphatic carbocycles. The van der Waals surface area contributed by atoms with E-state index < -0.39 is 0 Å². The third kappa shape index (κ3) is 3.32. The van der Waals surface area contributed by atoms with Crippen LogP contribution in [-0.4, -0.2) is 52.5 Å². The van der Waals surface area contributed by atoms with Crippen molar-refractivity contribution in [2.45, 2.75) is 12.8 Å². The number of aryl methyl sites for hydroxylation is 1. The minimum Gasteiger partial charge on any atom is -0.480 e. The van der Waals surface area contributed by atoms with Gasteiger partial charge in [0.2, 0.25) is 11.8 Å². The molecule has 0 atom stereocenters. The number of carbonyl (C=O) groups excluding carboxylic acids is 1. The molecule has 0 bridgehead atoms. The first-order valence-electron chi connectivity index (χ1n) is 7.43. The number of amides is 1. The van der Waals surface area contributed by atoms with Gasteiger partial charge in [-0.15, -0.1) is 0 Å². The maximum atomic E-state index is 12.3. The standard InChI is InChI=1S/C16H19N3O2S/c1-21-16-14(17-12-4-2-3-5-13(12)18-16)6-7-15(20)19-8-10-22-11-9-19/h2-5H,6-11H2,1H3. The van der Waals surface area contributed by atoms with Gasteiger partial charge in [0.15, 0.2) is 0 Å². The van der Waals surface area contributed by atoms with Crippen LogP contribution in [0.1, 0.15) is 12.1 Å². The summed E-state index contributed by atoms with van der Waals surface area (Å²) in [5, 5.41) is 0. The van der Waals surface area contributed by atoms with Crippen LogP contribution >= 0.6 is 11.8 Å². The number of carbonyl (C=O) groups is 1. The Hall–Kier alpha value is -1.82. The molecule has 1 amide bonds. The second-order valence-electron chi connectivity index (χ2n) is 5.16. The first-order chi connectivity index (χ1) is 10.8. The first kappa shape index (κ1) is 15.1. The Kier molecular flexibility index (Phi) is 4.77. The Morgan fingerprint density at radius 3 is 2.59 bits per heavy atom. The van der Waals surface area contributed by atoms with Gasteiger partial charge in [0.25, 0.3) is 0 Å². The van der Waals surface area contributed by atoms with Gasteiger partial charge in [-0.25, -0.2) is 9.97 Å². The monoisotopic (exact) mass is 317 g/mol. The molecule has 2 aromatic rings. The third-order valence-electron chi connectivity index (χ3n) is 3.74. The second kappa shape index (κ2) is 6.96. The average Bonchev–Trinajstić information content (AvgIpc) is 2.59.